The molecule has 4 radical (unpaired) electrons. The van der Waals surface area contributed by atoms with E-state index in [4.69, 9.17) is 0 Å². The summed E-state index contributed by atoms with van der Waals surface area (Å²) >= 11 is 0. The summed E-state index contributed by atoms with van der Waals surface area (Å²) in [6, 6.07) is 7.28. The van der Waals surface area contributed by atoms with Crippen LogP contribution < -0.4 is 34.9 Å². The van der Waals surface area contributed by atoms with Crippen LogP contribution in [0.2, 0.25) is 0 Å². The Morgan fingerprint density at radius 1 is 1.35 bits per heavy atom. The van der Waals surface area contributed by atoms with E-state index in [1.165, 1.54) is 29.3 Å². The zero-order valence-electron chi connectivity index (χ0n) is 12.8. The Kier molecular flexibility index (Phi) is 6.79. The molecule has 1 saturated heterocycles. The number of piperidine rings is 1. The van der Waals surface area contributed by atoms with Gasteiger partial charge in [-0.1, -0.05) is 13.0 Å². The molecule has 2 heterocycles. The van der Waals surface area contributed by atoms with Crippen LogP contribution in [0.3, 0.4) is 0 Å². The van der Waals surface area contributed by atoms with E-state index in [0.717, 1.165) is 19.0 Å². The first kappa shape index (κ1) is 17.8. The van der Waals surface area contributed by atoms with Crippen LogP contribution in [0.4, 0.5) is 0 Å². The molecule has 1 aromatic carbocycles. The van der Waals surface area contributed by atoms with Crippen LogP contribution in [0.15, 0.2) is 24.4 Å². The summed E-state index contributed by atoms with van der Waals surface area (Å²) in [5, 5.41) is 9.31. The Bertz CT molecular complexity index is 547. The second-order valence-corrected chi connectivity index (χ2v) is 5.42. The van der Waals surface area contributed by atoms with Gasteiger partial charge < -0.3 is 13.7 Å². The zero-order valence-corrected chi connectivity index (χ0v) is 14.8. The maximum absolute atomic E-state index is 4.41. The Balaban J connectivity index is 0.000001000. The van der Waals surface area contributed by atoms with E-state index in [9.17, 15) is 0 Å². The molecule has 20 heavy (non-hydrogen) atoms. The van der Waals surface area contributed by atoms with E-state index in [2.05, 4.69) is 47.1 Å². The number of hydrogen-bond donors (Lipinski definition) is 1. The van der Waals surface area contributed by atoms with Gasteiger partial charge in [-0.25, -0.2) is 0 Å². The summed E-state index contributed by atoms with van der Waals surface area (Å²) in [5.41, 5.74) is 2.65. The number of hydrogen-bond acceptors (Lipinski definition) is 2. The first-order chi connectivity index (χ1) is 8.78. The van der Waals surface area contributed by atoms with E-state index < -0.39 is 0 Å². The normalized spacial score (nSPS) is 22.1. The fourth-order valence-electron chi connectivity index (χ4n) is 2.86. The van der Waals surface area contributed by atoms with Crippen molar-refractivity contribution in [3.05, 3.63) is 30.0 Å². The molecule has 0 amide bonds. The molecule has 3 rings (SSSR count). The van der Waals surface area contributed by atoms with Crippen molar-refractivity contribution < 1.29 is 29.6 Å². The number of nitrogens with one attached hydrogen (secondary N) is 1. The summed E-state index contributed by atoms with van der Waals surface area (Å²) in [7, 11) is 0. The SMILES string of the molecule is CCn1ncc2cc(C3CCC(C)CN3)ccc21.[B-].[Na+]. The molecular weight excluding hydrogens is 256 g/mol. The minimum atomic E-state index is 0. The van der Waals surface area contributed by atoms with Gasteiger partial charge in [0.25, 0.3) is 0 Å². The molecule has 2 aromatic rings. The molecular formula is C15H21BN3Na. The molecule has 5 heteroatoms. The fraction of sp³-hybridized carbons (Fsp3) is 0.533. The van der Waals surface area contributed by atoms with Crippen molar-refractivity contribution in [3.8, 4) is 0 Å². The molecule has 1 fully saturated rings. The monoisotopic (exact) mass is 277 g/mol. The van der Waals surface area contributed by atoms with Crippen LogP contribution in [-0.2, 0) is 6.54 Å². The molecule has 3 nitrogen and oxygen atoms in total. The predicted molar refractivity (Wildman–Crippen MR) is 80.3 cm³/mol. The average molecular weight is 277 g/mol. The molecule has 1 aliphatic heterocycles. The van der Waals surface area contributed by atoms with Gasteiger partial charge in [0.05, 0.1) is 11.7 Å². The standard InChI is InChI=1S/C15H21N3.B.Na/c1-3-18-15-7-5-12(8-13(15)10-17-18)14-6-4-11(2)9-16-14;;/h5,7-8,10-11,14,16H,3-4,6,9H2,1-2H3;;/q;-1;+1. The van der Waals surface area contributed by atoms with E-state index >= 15 is 0 Å². The van der Waals surface area contributed by atoms with Crippen molar-refractivity contribution in [2.45, 2.75) is 39.3 Å². The maximum atomic E-state index is 4.41. The van der Waals surface area contributed by atoms with E-state index in [-0.39, 0.29) is 38.0 Å². The minimum Gasteiger partial charge on any atom is -1.00 e. The van der Waals surface area contributed by atoms with Crippen LogP contribution in [0.5, 0.6) is 0 Å². The third-order valence-corrected chi connectivity index (χ3v) is 4.03. The molecule has 100 valence electrons. The molecule has 1 aliphatic rings. The summed E-state index contributed by atoms with van der Waals surface area (Å²) in [4.78, 5) is 0. The van der Waals surface area contributed by atoms with Gasteiger partial charge in [0.15, 0.2) is 0 Å². The van der Waals surface area contributed by atoms with Gasteiger partial charge >= 0.3 is 29.6 Å². The fourth-order valence-corrected chi connectivity index (χ4v) is 2.86. The minimum absolute atomic E-state index is 0. The third kappa shape index (κ3) is 3.48. The smallest absolute Gasteiger partial charge is 1.00 e. The topological polar surface area (TPSA) is 29.9 Å². The molecule has 1 N–H and O–H groups in total. The van der Waals surface area contributed by atoms with Crippen LogP contribution in [-0.4, -0.2) is 24.7 Å². The quantitative estimate of drug-likeness (QED) is 0.767. The largest absolute Gasteiger partial charge is 1.00 e. The second-order valence-electron chi connectivity index (χ2n) is 5.42. The van der Waals surface area contributed by atoms with Gasteiger partial charge in [-0.2, -0.15) is 5.10 Å². The third-order valence-electron chi connectivity index (χ3n) is 4.03. The van der Waals surface area contributed by atoms with Gasteiger partial charge in [-0.15, -0.1) is 0 Å². The predicted octanol–water partition coefficient (Wildman–Crippen LogP) is -0.260. The molecule has 0 saturated carbocycles. The second kappa shape index (κ2) is 7.65. The number of aromatic nitrogens is 2. The van der Waals surface area contributed by atoms with Gasteiger partial charge in [-0.05, 0) is 49.9 Å². The summed E-state index contributed by atoms with van der Waals surface area (Å²) in [6.07, 6.45) is 4.55. The molecule has 0 bridgehead atoms. The molecule has 2 atom stereocenters. The van der Waals surface area contributed by atoms with Crippen molar-refractivity contribution in [3.63, 3.8) is 0 Å². The summed E-state index contributed by atoms with van der Waals surface area (Å²) in [6.45, 7) is 6.51. The van der Waals surface area contributed by atoms with Gasteiger partial charge in [0, 0.05) is 18.0 Å². The van der Waals surface area contributed by atoms with Crippen molar-refractivity contribution in [2.24, 2.45) is 5.92 Å². The van der Waals surface area contributed by atoms with E-state index in [1.54, 1.807) is 0 Å². The van der Waals surface area contributed by atoms with Gasteiger partial charge in [0.1, 0.15) is 0 Å². The molecule has 0 aliphatic carbocycles. The first-order valence-corrected chi connectivity index (χ1v) is 6.96. The zero-order chi connectivity index (χ0) is 12.5. The number of fused-ring (bicyclic) bond motifs is 1. The molecule has 1 aromatic heterocycles. The van der Waals surface area contributed by atoms with Crippen molar-refractivity contribution in [2.75, 3.05) is 6.54 Å². The van der Waals surface area contributed by atoms with Crippen LogP contribution >= 0.6 is 0 Å². The van der Waals surface area contributed by atoms with E-state index in [1.807, 2.05) is 6.20 Å². The Morgan fingerprint density at radius 2 is 2.15 bits per heavy atom. The summed E-state index contributed by atoms with van der Waals surface area (Å²) in [5.74, 6) is 0.813. The van der Waals surface area contributed by atoms with Crippen LogP contribution in [0.1, 0.15) is 38.3 Å². The molecule has 0 spiro atoms. The molecule has 2 unspecified atom stereocenters. The summed E-state index contributed by atoms with van der Waals surface area (Å²) < 4.78 is 2.05. The number of aryl methyl sites for hydroxylation is 1. The van der Waals surface area contributed by atoms with Crippen molar-refractivity contribution in [1.82, 2.24) is 15.1 Å². The Morgan fingerprint density at radius 3 is 2.80 bits per heavy atom. The maximum Gasteiger partial charge on any atom is 1.00 e. The van der Waals surface area contributed by atoms with E-state index in [0.29, 0.717) is 6.04 Å². The van der Waals surface area contributed by atoms with Gasteiger partial charge in [0.2, 0.25) is 0 Å². The number of rotatable bonds is 2. The Labute approximate surface area is 145 Å². The van der Waals surface area contributed by atoms with Crippen LogP contribution in [0.25, 0.3) is 10.9 Å². The van der Waals surface area contributed by atoms with Gasteiger partial charge in [-0.3, -0.25) is 4.68 Å². The van der Waals surface area contributed by atoms with Crippen LogP contribution in [0, 0.1) is 5.92 Å². The number of nitrogens with zero attached hydrogens (tertiary/aromatic N) is 2. The van der Waals surface area contributed by atoms with Crippen molar-refractivity contribution >= 4 is 19.3 Å². The average Bonchev–Trinajstić information content (AvgIpc) is 2.81. The number of benzene rings is 1. The Hall–Kier alpha value is -0.285. The first-order valence-electron chi connectivity index (χ1n) is 6.96. The van der Waals surface area contributed by atoms with Crippen molar-refractivity contribution in [1.29, 1.82) is 0 Å².